The van der Waals surface area contributed by atoms with E-state index < -0.39 is 0 Å². The Morgan fingerprint density at radius 3 is 3.07 bits per heavy atom. The van der Waals surface area contributed by atoms with Crippen molar-refractivity contribution in [2.75, 3.05) is 0 Å². The zero-order valence-electron chi connectivity index (χ0n) is 8.58. The fraction of sp³-hybridized carbons (Fsp3) is 0.636. The normalized spacial score (nSPS) is 25.5. The van der Waals surface area contributed by atoms with Crippen molar-refractivity contribution in [3.63, 3.8) is 0 Å². The molecule has 1 aromatic heterocycles. The molecule has 1 aromatic rings. The average molecular weight is 206 g/mol. The Morgan fingerprint density at radius 1 is 1.57 bits per heavy atom. The van der Waals surface area contributed by atoms with E-state index in [1.807, 2.05) is 0 Å². The highest BCUT2D eigenvalue weighted by atomic mass is 32.1. The highest BCUT2D eigenvalue weighted by Crippen LogP contribution is 2.37. The Hall–Kier alpha value is -0.880. The molecule has 14 heavy (non-hydrogen) atoms. The van der Waals surface area contributed by atoms with E-state index in [1.165, 1.54) is 17.0 Å². The summed E-state index contributed by atoms with van der Waals surface area (Å²) < 4.78 is 0. The Morgan fingerprint density at radius 2 is 2.36 bits per heavy atom. The molecule has 74 valence electrons. The van der Waals surface area contributed by atoms with Crippen LogP contribution < -0.4 is 0 Å². The average Bonchev–Trinajstić information content (AvgIpc) is 2.48. The quantitative estimate of drug-likeness (QED) is 0.708. The zero-order valence-corrected chi connectivity index (χ0v) is 9.40. The van der Waals surface area contributed by atoms with Crippen molar-refractivity contribution in [2.24, 2.45) is 5.92 Å². The lowest BCUT2D eigenvalue weighted by molar-refractivity contribution is 0.449. The first-order valence-electron chi connectivity index (χ1n) is 5.06. The number of hydrogen-bond acceptors (Lipinski definition) is 3. The molecule has 0 N–H and O–H groups in total. The predicted octanol–water partition coefficient (Wildman–Crippen LogP) is 2.89. The van der Waals surface area contributed by atoms with Gasteiger partial charge in [-0.3, -0.25) is 0 Å². The number of rotatable bonds is 1. The first kappa shape index (κ1) is 9.67. The Labute approximate surface area is 88.6 Å². The topological polar surface area (TPSA) is 36.7 Å². The lowest BCUT2D eigenvalue weighted by Crippen LogP contribution is -2.12. The van der Waals surface area contributed by atoms with Crippen molar-refractivity contribution in [3.8, 4) is 6.07 Å². The van der Waals surface area contributed by atoms with Gasteiger partial charge in [-0.05, 0) is 24.7 Å². The lowest BCUT2D eigenvalue weighted by Gasteiger charge is -2.22. The maximum atomic E-state index is 8.62. The zero-order chi connectivity index (χ0) is 10.1. The number of hydrogen-bond donors (Lipinski definition) is 0. The SMILES string of the molecule is CC1Cc2nc(CC#N)sc2C(C)C1. The van der Waals surface area contributed by atoms with Crippen LogP contribution >= 0.6 is 11.3 Å². The molecular formula is C11H14N2S. The van der Waals surface area contributed by atoms with Crippen LogP contribution in [0, 0.1) is 17.2 Å². The third kappa shape index (κ3) is 1.67. The molecule has 0 spiro atoms. The molecule has 0 saturated carbocycles. The van der Waals surface area contributed by atoms with Crippen LogP contribution in [0.15, 0.2) is 0 Å². The van der Waals surface area contributed by atoms with Gasteiger partial charge in [-0.25, -0.2) is 4.98 Å². The molecule has 2 nitrogen and oxygen atoms in total. The Kier molecular flexibility index (Phi) is 2.56. The molecule has 3 heteroatoms. The van der Waals surface area contributed by atoms with Crippen LogP contribution in [0.5, 0.6) is 0 Å². The predicted molar refractivity (Wildman–Crippen MR) is 57.3 cm³/mol. The second kappa shape index (κ2) is 3.70. The van der Waals surface area contributed by atoms with Crippen LogP contribution in [0.4, 0.5) is 0 Å². The molecule has 0 radical (unpaired) electrons. The number of fused-ring (bicyclic) bond motifs is 1. The third-order valence-corrected chi connectivity index (χ3v) is 4.08. The molecule has 0 aliphatic heterocycles. The van der Waals surface area contributed by atoms with E-state index in [4.69, 9.17) is 5.26 Å². The maximum absolute atomic E-state index is 8.62. The molecule has 1 aliphatic carbocycles. The van der Waals surface area contributed by atoms with Gasteiger partial charge in [-0.1, -0.05) is 13.8 Å². The van der Waals surface area contributed by atoms with Crippen molar-refractivity contribution in [2.45, 2.75) is 39.0 Å². The van der Waals surface area contributed by atoms with Crippen molar-refractivity contribution < 1.29 is 0 Å². The van der Waals surface area contributed by atoms with E-state index in [-0.39, 0.29) is 0 Å². The minimum absolute atomic E-state index is 0.471. The summed E-state index contributed by atoms with van der Waals surface area (Å²) >= 11 is 1.74. The van der Waals surface area contributed by atoms with Crippen LogP contribution in [-0.4, -0.2) is 4.98 Å². The molecule has 1 heterocycles. The number of thiazole rings is 1. The van der Waals surface area contributed by atoms with E-state index in [2.05, 4.69) is 24.9 Å². The van der Waals surface area contributed by atoms with Gasteiger partial charge < -0.3 is 0 Å². The van der Waals surface area contributed by atoms with Gasteiger partial charge >= 0.3 is 0 Å². The fourth-order valence-electron chi connectivity index (χ4n) is 2.21. The van der Waals surface area contributed by atoms with E-state index >= 15 is 0 Å². The summed E-state index contributed by atoms with van der Waals surface area (Å²) in [6, 6.07) is 2.17. The van der Waals surface area contributed by atoms with Gasteiger partial charge in [0.05, 0.1) is 18.2 Å². The number of nitrogens with zero attached hydrogens (tertiary/aromatic N) is 2. The van der Waals surface area contributed by atoms with Crippen LogP contribution in [0.2, 0.25) is 0 Å². The van der Waals surface area contributed by atoms with Crippen LogP contribution in [0.3, 0.4) is 0 Å². The molecule has 2 unspecified atom stereocenters. The highest BCUT2D eigenvalue weighted by molar-refractivity contribution is 7.11. The van der Waals surface area contributed by atoms with Gasteiger partial charge in [0.1, 0.15) is 5.01 Å². The molecule has 0 bridgehead atoms. The van der Waals surface area contributed by atoms with Crippen molar-refractivity contribution in [1.29, 1.82) is 5.26 Å². The first-order chi connectivity index (χ1) is 6.70. The van der Waals surface area contributed by atoms with Gasteiger partial charge in [-0.2, -0.15) is 5.26 Å². The van der Waals surface area contributed by atoms with E-state index in [0.717, 1.165) is 17.3 Å². The molecule has 0 saturated heterocycles. The summed E-state index contributed by atoms with van der Waals surface area (Å²) in [5.74, 6) is 1.38. The van der Waals surface area contributed by atoms with Gasteiger partial charge in [0, 0.05) is 4.88 Å². The first-order valence-corrected chi connectivity index (χ1v) is 5.87. The van der Waals surface area contributed by atoms with Crippen molar-refractivity contribution >= 4 is 11.3 Å². The van der Waals surface area contributed by atoms with E-state index in [9.17, 15) is 0 Å². The minimum Gasteiger partial charge on any atom is -0.245 e. The Bertz CT molecular complexity index is 375. The van der Waals surface area contributed by atoms with Crippen molar-refractivity contribution in [1.82, 2.24) is 4.98 Å². The highest BCUT2D eigenvalue weighted by Gasteiger charge is 2.25. The monoisotopic (exact) mass is 206 g/mol. The van der Waals surface area contributed by atoms with Crippen LogP contribution in [-0.2, 0) is 12.8 Å². The summed E-state index contributed by atoms with van der Waals surface area (Å²) in [6.07, 6.45) is 2.83. The number of aromatic nitrogens is 1. The van der Waals surface area contributed by atoms with Crippen molar-refractivity contribution in [3.05, 3.63) is 15.6 Å². The summed E-state index contributed by atoms with van der Waals surface area (Å²) in [6.45, 7) is 4.55. The third-order valence-electron chi connectivity index (χ3n) is 2.75. The summed E-state index contributed by atoms with van der Waals surface area (Å²) in [7, 11) is 0. The molecule has 0 fully saturated rings. The largest absolute Gasteiger partial charge is 0.245 e. The van der Waals surface area contributed by atoms with Crippen LogP contribution in [0.25, 0.3) is 0 Å². The molecule has 0 amide bonds. The van der Waals surface area contributed by atoms with Gasteiger partial charge in [-0.15, -0.1) is 11.3 Å². The van der Waals surface area contributed by atoms with E-state index in [1.54, 1.807) is 11.3 Å². The second-order valence-corrected chi connectivity index (χ2v) is 5.31. The summed E-state index contributed by atoms with van der Waals surface area (Å²) in [5.41, 5.74) is 1.26. The smallest absolute Gasteiger partial charge is 0.107 e. The molecule has 1 aliphatic rings. The maximum Gasteiger partial charge on any atom is 0.107 e. The number of nitriles is 1. The fourth-order valence-corrected chi connectivity index (χ4v) is 3.30. The van der Waals surface area contributed by atoms with Gasteiger partial charge in [0.2, 0.25) is 0 Å². The van der Waals surface area contributed by atoms with Gasteiger partial charge in [0.15, 0.2) is 0 Å². The van der Waals surface area contributed by atoms with Gasteiger partial charge in [0.25, 0.3) is 0 Å². The second-order valence-electron chi connectivity index (χ2n) is 4.20. The lowest BCUT2D eigenvalue weighted by atomic mass is 9.86. The molecule has 2 rings (SSSR count). The molecule has 0 aromatic carbocycles. The minimum atomic E-state index is 0.471. The van der Waals surface area contributed by atoms with Crippen LogP contribution in [0.1, 0.15) is 41.8 Å². The summed E-state index contributed by atoms with van der Waals surface area (Å²) in [4.78, 5) is 5.96. The molecule has 2 atom stereocenters. The summed E-state index contributed by atoms with van der Waals surface area (Å²) in [5, 5.41) is 9.61. The Balaban J connectivity index is 2.31. The standard InChI is InChI=1S/C11H14N2S/c1-7-5-8(2)11-9(6-7)13-10(14-11)3-4-12/h7-8H,3,5-6H2,1-2H3. The molecular weight excluding hydrogens is 192 g/mol. The van der Waals surface area contributed by atoms with E-state index in [0.29, 0.717) is 12.3 Å².